The zero-order valence-electron chi connectivity index (χ0n) is 17.5. The van der Waals surface area contributed by atoms with E-state index in [-0.39, 0.29) is 23.8 Å². The van der Waals surface area contributed by atoms with E-state index >= 15 is 0 Å². The van der Waals surface area contributed by atoms with Crippen molar-refractivity contribution in [1.29, 1.82) is 0 Å². The minimum Gasteiger partial charge on any atom is -0.490 e. The third-order valence-electron chi connectivity index (χ3n) is 4.31. The van der Waals surface area contributed by atoms with Gasteiger partial charge >= 0.3 is 6.36 Å². The van der Waals surface area contributed by atoms with Crippen LogP contribution >= 0.6 is 11.6 Å². The summed E-state index contributed by atoms with van der Waals surface area (Å²) in [6.45, 7) is 0.741. The molecule has 33 heavy (non-hydrogen) atoms. The highest BCUT2D eigenvalue weighted by Crippen LogP contribution is 2.37. The molecule has 0 unspecified atom stereocenters. The molecule has 2 amide bonds. The van der Waals surface area contributed by atoms with Crippen LogP contribution in [0.1, 0.15) is 6.42 Å². The van der Waals surface area contributed by atoms with Crippen molar-refractivity contribution in [2.45, 2.75) is 12.8 Å². The Balaban J connectivity index is 1.49. The van der Waals surface area contributed by atoms with Crippen LogP contribution in [0.5, 0.6) is 17.2 Å². The average Bonchev–Trinajstić information content (AvgIpc) is 2.93. The summed E-state index contributed by atoms with van der Waals surface area (Å²) in [5.41, 5.74) is 0.635. The minimum absolute atomic E-state index is 0.115. The number of likely N-dealkylation sites (N-methyl/N-ethyl adjacent to an activating group) is 1. The van der Waals surface area contributed by atoms with Crippen molar-refractivity contribution in [1.82, 2.24) is 4.90 Å². The zero-order chi connectivity index (χ0) is 24.0. The van der Waals surface area contributed by atoms with E-state index in [1.807, 2.05) is 0 Å². The Morgan fingerprint density at radius 1 is 1.03 bits per heavy atom. The number of rotatable bonds is 7. The number of amides is 2. The Labute approximate surface area is 192 Å². The van der Waals surface area contributed by atoms with E-state index in [0.717, 1.165) is 18.6 Å². The first kappa shape index (κ1) is 24.5. The number of benzene rings is 2. The zero-order valence-corrected chi connectivity index (χ0v) is 18.3. The van der Waals surface area contributed by atoms with Crippen LogP contribution in [-0.4, -0.2) is 56.4 Å². The Hall–Kier alpha value is -3.18. The molecular weight excluding hydrogens is 467 g/mol. The molecule has 0 spiro atoms. The smallest absolute Gasteiger partial charge is 0.490 e. The summed E-state index contributed by atoms with van der Waals surface area (Å²) < 4.78 is 51.5. The van der Waals surface area contributed by atoms with Gasteiger partial charge in [-0.25, -0.2) is 0 Å². The van der Waals surface area contributed by atoms with Crippen molar-refractivity contribution < 1.29 is 37.0 Å². The van der Waals surface area contributed by atoms with Gasteiger partial charge in [-0.3, -0.25) is 14.5 Å². The highest BCUT2D eigenvalue weighted by atomic mass is 35.5. The molecule has 12 heteroatoms. The summed E-state index contributed by atoms with van der Waals surface area (Å²) in [5, 5.41) is 5.49. The lowest BCUT2D eigenvalue weighted by Gasteiger charge is -2.17. The topological polar surface area (TPSA) is 89.1 Å². The third kappa shape index (κ3) is 7.72. The molecule has 0 aliphatic carbocycles. The molecule has 0 fully saturated rings. The van der Waals surface area contributed by atoms with Crippen LogP contribution in [0.15, 0.2) is 36.4 Å². The molecule has 0 bridgehead atoms. The number of alkyl halides is 3. The second-order valence-electron chi connectivity index (χ2n) is 7.17. The van der Waals surface area contributed by atoms with Crippen molar-refractivity contribution in [2.75, 3.05) is 44.0 Å². The summed E-state index contributed by atoms with van der Waals surface area (Å²) in [6.07, 6.45) is -4.07. The standard InChI is InChI=1S/C21H21ClF3N3O5/c1-28(11-19(29)26-13-3-5-14(6-4-13)33-21(23,24)25)12-20(30)27-16-10-18-17(9-15(16)22)31-7-2-8-32-18/h3-6,9-10H,2,7-8,11-12H2,1H3,(H,26,29)(H,27,30). The van der Waals surface area contributed by atoms with Gasteiger partial charge in [0.25, 0.3) is 0 Å². The van der Waals surface area contributed by atoms with E-state index in [1.165, 1.54) is 17.0 Å². The van der Waals surface area contributed by atoms with Gasteiger partial charge in [0, 0.05) is 24.2 Å². The number of hydrogen-bond acceptors (Lipinski definition) is 6. The van der Waals surface area contributed by atoms with E-state index in [4.69, 9.17) is 21.1 Å². The van der Waals surface area contributed by atoms with Crippen LogP contribution in [0.3, 0.4) is 0 Å². The van der Waals surface area contributed by atoms with E-state index in [1.54, 1.807) is 19.2 Å². The predicted molar refractivity (Wildman–Crippen MR) is 115 cm³/mol. The van der Waals surface area contributed by atoms with E-state index in [9.17, 15) is 22.8 Å². The lowest BCUT2D eigenvalue weighted by Crippen LogP contribution is -2.36. The molecule has 1 heterocycles. The summed E-state index contributed by atoms with van der Waals surface area (Å²) >= 11 is 6.22. The van der Waals surface area contributed by atoms with E-state index < -0.39 is 23.9 Å². The van der Waals surface area contributed by atoms with Gasteiger partial charge in [0.2, 0.25) is 11.8 Å². The third-order valence-corrected chi connectivity index (χ3v) is 4.62. The van der Waals surface area contributed by atoms with Crippen LogP contribution in [0.25, 0.3) is 0 Å². The van der Waals surface area contributed by atoms with E-state index in [2.05, 4.69) is 15.4 Å². The van der Waals surface area contributed by atoms with Gasteiger partial charge in [0.05, 0.1) is 37.0 Å². The summed E-state index contributed by atoms with van der Waals surface area (Å²) in [7, 11) is 1.56. The van der Waals surface area contributed by atoms with E-state index in [0.29, 0.717) is 30.4 Å². The predicted octanol–water partition coefficient (Wildman–Crippen LogP) is 3.91. The fraction of sp³-hybridized carbons (Fsp3) is 0.333. The number of ether oxygens (including phenoxy) is 3. The molecule has 0 saturated heterocycles. The monoisotopic (exact) mass is 487 g/mol. The van der Waals surface area contributed by atoms with Crippen LogP contribution in [0.4, 0.5) is 24.5 Å². The van der Waals surface area contributed by atoms with Gasteiger partial charge in [-0.05, 0) is 31.3 Å². The number of anilines is 2. The molecule has 0 saturated carbocycles. The number of carbonyl (C=O) groups excluding carboxylic acids is 2. The maximum absolute atomic E-state index is 12.4. The van der Waals surface area contributed by atoms with Gasteiger partial charge in [-0.15, -0.1) is 13.2 Å². The Kier molecular flexibility index (Phi) is 7.88. The Morgan fingerprint density at radius 3 is 2.21 bits per heavy atom. The molecular formula is C21H21ClF3N3O5. The highest BCUT2D eigenvalue weighted by molar-refractivity contribution is 6.34. The van der Waals surface area contributed by atoms with Gasteiger partial charge < -0.3 is 24.8 Å². The molecule has 2 N–H and O–H groups in total. The molecule has 1 aliphatic heterocycles. The normalized spacial score (nSPS) is 13.3. The second-order valence-corrected chi connectivity index (χ2v) is 7.58. The first-order valence-corrected chi connectivity index (χ1v) is 10.2. The number of halogens is 4. The van der Waals surface area contributed by atoms with Gasteiger partial charge in [0.15, 0.2) is 11.5 Å². The highest BCUT2D eigenvalue weighted by Gasteiger charge is 2.31. The first-order chi connectivity index (χ1) is 15.6. The number of carbonyl (C=O) groups is 2. The molecule has 2 aromatic carbocycles. The first-order valence-electron chi connectivity index (χ1n) is 9.82. The SMILES string of the molecule is CN(CC(=O)Nc1ccc(OC(F)(F)F)cc1)CC(=O)Nc1cc2c(cc1Cl)OCCCO2. The van der Waals surface area contributed by atoms with Crippen molar-refractivity contribution in [3.05, 3.63) is 41.4 Å². The molecule has 178 valence electrons. The van der Waals surface area contributed by atoms with Gasteiger partial charge in [0.1, 0.15) is 5.75 Å². The van der Waals surface area contributed by atoms with Crippen molar-refractivity contribution in [2.24, 2.45) is 0 Å². The Morgan fingerprint density at radius 2 is 1.61 bits per heavy atom. The van der Waals surface area contributed by atoms with Crippen molar-refractivity contribution in [3.8, 4) is 17.2 Å². The number of nitrogens with one attached hydrogen (secondary N) is 2. The minimum atomic E-state index is -4.79. The largest absolute Gasteiger partial charge is 0.573 e. The summed E-state index contributed by atoms with van der Waals surface area (Å²) in [5.74, 6) is -0.282. The molecule has 0 aromatic heterocycles. The van der Waals surface area contributed by atoms with Gasteiger partial charge in [-0.1, -0.05) is 11.6 Å². The maximum Gasteiger partial charge on any atom is 0.573 e. The Bertz CT molecular complexity index is 1000. The summed E-state index contributed by atoms with van der Waals surface area (Å²) in [6, 6.07) is 7.87. The lowest BCUT2D eigenvalue weighted by molar-refractivity contribution is -0.274. The maximum atomic E-state index is 12.4. The average molecular weight is 488 g/mol. The van der Waals surface area contributed by atoms with Crippen LogP contribution in [-0.2, 0) is 9.59 Å². The summed E-state index contributed by atoms with van der Waals surface area (Å²) in [4.78, 5) is 26.0. The van der Waals surface area contributed by atoms with Crippen LogP contribution in [0, 0.1) is 0 Å². The fourth-order valence-electron chi connectivity index (χ4n) is 2.96. The van der Waals surface area contributed by atoms with Crippen LogP contribution in [0.2, 0.25) is 5.02 Å². The molecule has 2 aromatic rings. The molecule has 1 aliphatic rings. The van der Waals surface area contributed by atoms with Crippen LogP contribution < -0.4 is 24.8 Å². The fourth-order valence-corrected chi connectivity index (χ4v) is 3.16. The molecule has 3 rings (SSSR count). The molecule has 0 atom stereocenters. The molecule has 8 nitrogen and oxygen atoms in total. The second kappa shape index (κ2) is 10.6. The van der Waals surface area contributed by atoms with Crippen molar-refractivity contribution >= 4 is 34.8 Å². The quantitative estimate of drug-likeness (QED) is 0.615. The number of fused-ring (bicyclic) bond motifs is 1. The van der Waals surface area contributed by atoms with Gasteiger partial charge in [-0.2, -0.15) is 0 Å². The lowest BCUT2D eigenvalue weighted by atomic mass is 10.2. The number of hydrogen-bond donors (Lipinski definition) is 2. The van der Waals surface area contributed by atoms with Crippen molar-refractivity contribution in [3.63, 3.8) is 0 Å². The number of nitrogens with zero attached hydrogens (tertiary/aromatic N) is 1. The molecule has 0 radical (unpaired) electrons.